The fourth-order valence-corrected chi connectivity index (χ4v) is 2.80. The van der Waals surface area contributed by atoms with Crippen molar-refractivity contribution < 1.29 is 19.5 Å². The van der Waals surface area contributed by atoms with E-state index in [0.717, 1.165) is 12.8 Å². The zero-order valence-corrected chi connectivity index (χ0v) is 10.5. The molecule has 0 aromatic heterocycles. The van der Waals surface area contributed by atoms with E-state index in [9.17, 15) is 14.4 Å². The molecule has 0 spiro atoms. The number of carbonyl (C=O) groups excluding carboxylic acids is 2. The molecule has 6 nitrogen and oxygen atoms in total. The third-order valence-electron chi connectivity index (χ3n) is 3.76. The average molecular weight is 254 g/mol. The summed E-state index contributed by atoms with van der Waals surface area (Å²) in [5, 5.41) is 8.82. The number of likely N-dealkylation sites (tertiary alicyclic amines) is 2. The van der Waals surface area contributed by atoms with Gasteiger partial charge in [-0.25, -0.2) is 0 Å². The molecule has 0 aromatic carbocycles. The van der Waals surface area contributed by atoms with E-state index in [1.165, 1.54) is 0 Å². The van der Waals surface area contributed by atoms with Gasteiger partial charge in [-0.2, -0.15) is 0 Å². The van der Waals surface area contributed by atoms with Crippen molar-refractivity contribution in [3.05, 3.63) is 0 Å². The lowest BCUT2D eigenvalue weighted by Gasteiger charge is -2.26. The van der Waals surface area contributed by atoms with Gasteiger partial charge in [0.2, 0.25) is 11.8 Å². The van der Waals surface area contributed by atoms with E-state index < -0.39 is 5.97 Å². The van der Waals surface area contributed by atoms with Crippen LogP contribution in [0.5, 0.6) is 0 Å². The minimum atomic E-state index is -0.876. The van der Waals surface area contributed by atoms with E-state index in [1.807, 2.05) is 0 Å². The van der Waals surface area contributed by atoms with Crippen LogP contribution in [0.2, 0.25) is 0 Å². The Morgan fingerprint density at radius 3 is 2.72 bits per heavy atom. The van der Waals surface area contributed by atoms with Crippen molar-refractivity contribution in [2.75, 3.05) is 20.1 Å². The van der Waals surface area contributed by atoms with Crippen LogP contribution in [0, 0.1) is 5.92 Å². The van der Waals surface area contributed by atoms with Gasteiger partial charge in [0.05, 0.1) is 12.3 Å². The second-order valence-electron chi connectivity index (χ2n) is 5.10. The first-order valence-corrected chi connectivity index (χ1v) is 6.25. The molecule has 2 atom stereocenters. The predicted octanol–water partition coefficient (Wildman–Crippen LogP) is -0.0696. The maximum atomic E-state index is 12.3. The number of hydrogen-bond acceptors (Lipinski definition) is 3. The molecule has 0 aliphatic carbocycles. The monoisotopic (exact) mass is 254 g/mol. The summed E-state index contributed by atoms with van der Waals surface area (Å²) < 4.78 is 0. The molecule has 0 saturated carbocycles. The number of carbonyl (C=O) groups is 3. The molecule has 0 radical (unpaired) electrons. The molecule has 2 aliphatic rings. The van der Waals surface area contributed by atoms with Crippen molar-refractivity contribution in [3.63, 3.8) is 0 Å². The number of nitrogens with zero attached hydrogens (tertiary/aromatic N) is 2. The lowest BCUT2D eigenvalue weighted by atomic mass is 10.1. The lowest BCUT2D eigenvalue weighted by molar-refractivity contribution is -0.141. The first-order valence-electron chi connectivity index (χ1n) is 6.25. The SMILES string of the molecule is CN1CC(C(=O)N2CCCC2CC(=O)O)CC1=O. The first kappa shape index (κ1) is 12.9. The second-order valence-corrected chi connectivity index (χ2v) is 5.10. The van der Waals surface area contributed by atoms with Gasteiger partial charge < -0.3 is 14.9 Å². The summed E-state index contributed by atoms with van der Waals surface area (Å²) in [7, 11) is 1.69. The van der Waals surface area contributed by atoms with Gasteiger partial charge >= 0.3 is 5.97 Å². The van der Waals surface area contributed by atoms with Crippen LogP contribution in [0.4, 0.5) is 0 Å². The van der Waals surface area contributed by atoms with E-state index in [0.29, 0.717) is 13.1 Å². The molecular weight excluding hydrogens is 236 g/mol. The molecule has 18 heavy (non-hydrogen) atoms. The largest absolute Gasteiger partial charge is 0.481 e. The minimum absolute atomic E-state index is 0.00223. The zero-order valence-electron chi connectivity index (χ0n) is 10.5. The van der Waals surface area contributed by atoms with Crippen LogP contribution in [0.3, 0.4) is 0 Å². The molecule has 0 aromatic rings. The number of carboxylic acids is 1. The summed E-state index contributed by atoms with van der Waals surface area (Å²) in [5.74, 6) is -1.24. The van der Waals surface area contributed by atoms with Crippen molar-refractivity contribution in [2.45, 2.75) is 31.7 Å². The van der Waals surface area contributed by atoms with Gasteiger partial charge in [-0.15, -0.1) is 0 Å². The molecule has 2 saturated heterocycles. The van der Waals surface area contributed by atoms with E-state index in [4.69, 9.17) is 5.11 Å². The van der Waals surface area contributed by atoms with E-state index in [1.54, 1.807) is 16.8 Å². The fourth-order valence-electron chi connectivity index (χ4n) is 2.80. The summed E-state index contributed by atoms with van der Waals surface area (Å²) in [5.41, 5.74) is 0. The Morgan fingerprint density at radius 1 is 1.44 bits per heavy atom. The third-order valence-corrected chi connectivity index (χ3v) is 3.76. The van der Waals surface area contributed by atoms with Crippen LogP contribution in [-0.2, 0) is 14.4 Å². The maximum absolute atomic E-state index is 12.3. The molecule has 2 aliphatic heterocycles. The summed E-state index contributed by atoms with van der Waals surface area (Å²) in [6.45, 7) is 1.07. The van der Waals surface area contributed by atoms with Crippen LogP contribution >= 0.6 is 0 Å². The zero-order chi connectivity index (χ0) is 13.3. The van der Waals surface area contributed by atoms with Gasteiger partial charge in [0.15, 0.2) is 0 Å². The number of hydrogen-bond donors (Lipinski definition) is 1. The van der Waals surface area contributed by atoms with Crippen molar-refractivity contribution in [1.82, 2.24) is 9.80 Å². The smallest absolute Gasteiger partial charge is 0.305 e. The molecule has 2 unspecified atom stereocenters. The third kappa shape index (κ3) is 2.47. The van der Waals surface area contributed by atoms with Gasteiger partial charge in [-0.05, 0) is 12.8 Å². The topological polar surface area (TPSA) is 77.9 Å². The number of aliphatic carboxylic acids is 1. The maximum Gasteiger partial charge on any atom is 0.305 e. The highest BCUT2D eigenvalue weighted by Crippen LogP contribution is 2.26. The predicted molar refractivity (Wildman–Crippen MR) is 62.7 cm³/mol. The van der Waals surface area contributed by atoms with E-state index >= 15 is 0 Å². The van der Waals surface area contributed by atoms with Crippen LogP contribution in [0.15, 0.2) is 0 Å². The highest BCUT2D eigenvalue weighted by atomic mass is 16.4. The number of carboxylic acid groups (broad SMARTS) is 1. The molecule has 2 rings (SSSR count). The minimum Gasteiger partial charge on any atom is -0.481 e. The Kier molecular flexibility index (Phi) is 3.54. The van der Waals surface area contributed by atoms with Crippen molar-refractivity contribution in [3.8, 4) is 0 Å². The van der Waals surface area contributed by atoms with Crippen molar-refractivity contribution in [2.24, 2.45) is 5.92 Å². The van der Waals surface area contributed by atoms with Gasteiger partial charge in [0.1, 0.15) is 0 Å². The molecule has 2 heterocycles. The van der Waals surface area contributed by atoms with Crippen LogP contribution < -0.4 is 0 Å². The van der Waals surface area contributed by atoms with E-state index in [2.05, 4.69) is 0 Å². The molecule has 0 bridgehead atoms. The van der Waals surface area contributed by atoms with Gasteiger partial charge in [0, 0.05) is 32.6 Å². The summed E-state index contributed by atoms with van der Waals surface area (Å²) in [4.78, 5) is 37.7. The Labute approximate surface area is 106 Å². The Hall–Kier alpha value is -1.59. The van der Waals surface area contributed by atoms with Gasteiger partial charge in [-0.1, -0.05) is 0 Å². The van der Waals surface area contributed by atoms with E-state index in [-0.39, 0.29) is 36.6 Å². The summed E-state index contributed by atoms with van der Waals surface area (Å²) in [6.07, 6.45) is 1.85. The van der Waals surface area contributed by atoms with Crippen molar-refractivity contribution >= 4 is 17.8 Å². The number of amides is 2. The Morgan fingerprint density at radius 2 is 2.17 bits per heavy atom. The highest BCUT2D eigenvalue weighted by molar-refractivity contribution is 5.89. The Bertz CT molecular complexity index is 382. The normalized spacial score (nSPS) is 27.9. The van der Waals surface area contributed by atoms with Crippen LogP contribution in [0.1, 0.15) is 25.7 Å². The molecular formula is C12H18N2O4. The summed E-state index contributed by atoms with van der Waals surface area (Å²) >= 11 is 0. The lowest BCUT2D eigenvalue weighted by Crippen LogP contribution is -2.41. The average Bonchev–Trinajstić information content (AvgIpc) is 2.85. The standard InChI is InChI=1S/C12H18N2O4/c1-13-7-8(5-10(13)15)12(18)14-4-2-3-9(14)6-11(16)17/h8-9H,2-7H2,1H3,(H,16,17). The molecule has 6 heteroatoms. The molecule has 2 amide bonds. The molecule has 100 valence electrons. The Balaban J connectivity index is 2.00. The number of rotatable bonds is 3. The highest BCUT2D eigenvalue weighted by Gasteiger charge is 2.38. The molecule has 2 fully saturated rings. The second kappa shape index (κ2) is 4.96. The van der Waals surface area contributed by atoms with Gasteiger partial charge in [-0.3, -0.25) is 14.4 Å². The van der Waals surface area contributed by atoms with Crippen LogP contribution in [0.25, 0.3) is 0 Å². The quantitative estimate of drug-likeness (QED) is 0.764. The van der Waals surface area contributed by atoms with Crippen molar-refractivity contribution in [1.29, 1.82) is 0 Å². The molecule has 1 N–H and O–H groups in total. The van der Waals surface area contributed by atoms with Gasteiger partial charge in [0.25, 0.3) is 0 Å². The first-order chi connectivity index (χ1) is 8.49. The van der Waals surface area contributed by atoms with Crippen LogP contribution in [-0.4, -0.2) is 58.9 Å². The fraction of sp³-hybridized carbons (Fsp3) is 0.750. The summed E-state index contributed by atoms with van der Waals surface area (Å²) in [6, 6.07) is -0.198.